The van der Waals surface area contributed by atoms with Crippen LogP contribution in [0, 0.1) is 13.8 Å². The van der Waals surface area contributed by atoms with Crippen LogP contribution in [0.4, 0.5) is 0 Å². The molecular weight excluding hydrogens is 174 g/mol. The summed E-state index contributed by atoms with van der Waals surface area (Å²) in [4.78, 5) is 0. The van der Waals surface area contributed by atoms with Gasteiger partial charge in [-0.1, -0.05) is 17.7 Å². The zero-order chi connectivity index (χ0) is 10.7. The largest absolute Gasteiger partial charge is 0.493 e. The van der Waals surface area contributed by atoms with Gasteiger partial charge in [0.05, 0.1) is 6.61 Å². The molecule has 0 saturated heterocycles. The van der Waals surface area contributed by atoms with Crippen LogP contribution in [0.2, 0.25) is 0 Å². The molecule has 0 aliphatic carbocycles. The first-order chi connectivity index (χ1) is 6.56. The summed E-state index contributed by atoms with van der Waals surface area (Å²) in [7, 11) is 0. The number of benzene rings is 1. The lowest BCUT2D eigenvalue weighted by atomic mass is 10.0. The number of hydrogen-bond acceptors (Lipinski definition) is 2. The van der Waals surface area contributed by atoms with Gasteiger partial charge in [0.1, 0.15) is 5.75 Å². The summed E-state index contributed by atoms with van der Waals surface area (Å²) in [6.45, 7) is 8.79. The van der Waals surface area contributed by atoms with E-state index < -0.39 is 0 Å². The average Bonchev–Trinajstić information content (AvgIpc) is 2.09. The van der Waals surface area contributed by atoms with Gasteiger partial charge in [0, 0.05) is 11.6 Å². The first-order valence-electron chi connectivity index (χ1n) is 5.05. The van der Waals surface area contributed by atoms with Crippen molar-refractivity contribution in [2.24, 2.45) is 5.73 Å². The first-order valence-corrected chi connectivity index (χ1v) is 5.05. The highest BCUT2D eigenvalue weighted by Crippen LogP contribution is 2.29. The molecule has 0 radical (unpaired) electrons. The zero-order valence-electron chi connectivity index (χ0n) is 9.42. The molecular formula is C12H19NO. The Kier molecular flexibility index (Phi) is 3.53. The van der Waals surface area contributed by atoms with Crippen LogP contribution in [-0.2, 0) is 0 Å². The van der Waals surface area contributed by atoms with Gasteiger partial charge < -0.3 is 10.5 Å². The van der Waals surface area contributed by atoms with E-state index in [0.29, 0.717) is 6.61 Å². The molecule has 1 aromatic carbocycles. The Morgan fingerprint density at radius 3 is 2.50 bits per heavy atom. The lowest BCUT2D eigenvalue weighted by Crippen LogP contribution is -2.09. The summed E-state index contributed by atoms with van der Waals surface area (Å²) in [5.74, 6) is 0.952. The monoisotopic (exact) mass is 193 g/mol. The van der Waals surface area contributed by atoms with Crippen LogP contribution < -0.4 is 10.5 Å². The Bertz CT molecular complexity index is 318. The number of ether oxygens (including phenoxy) is 1. The molecule has 14 heavy (non-hydrogen) atoms. The summed E-state index contributed by atoms with van der Waals surface area (Å²) < 4.78 is 5.60. The standard InChI is InChI=1S/C12H19NO/c1-5-14-12-9(3)6-8(2)7-11(12)10(4)13/h6-7,10H,5,13H2,1-4H3. The van der Waals surface area contributed by atoms with E-state index in [4.69, 9.17) is 10.5 Å². The third-order valence-corrected chi connectivity index (χ3v) is 2.23. The van der Waals surface area contributed by atoms with Crippen LogP contribution in [0.3, 0.4) is 0 Å². The maximum atomic E-state index is 5.90. The minimum atomic E-state index is 0.0233. The van der Waals surface area contributed by atoms with Crippen LogP contribution in [-0.4, -0.2) is 6.61 Å². The van der Waals surface area contributed by atoms with Crippen molar-refractivity contribution in [3.63, 3.8) is 0 Å². The molecule has 1 atom stereocenters. The van der Waals surface area contributed by atoms with Crippen LogP contribution in [0.1, 0.15) is 36.6 Å². The second-order valence-electron chi connectivity index (χ2n) is 3.72. The first kappa shape index (κ1) is 11.1. The zero-order valence-corrected chi connectivity index (χ0v) is 9.42. The fraction of sp³-hybridized carbons (Fsp3) is 0.500. The number of nitrogens with two attached hydrogens (primary N) is 1. The van der Waals surface area contributed by atoms with Crippen molar-refractivity contribution in [1.82, 2.24) is 0 Å². The maximum Gasteiger partial charge on any atom is 0.126 e. The topological polar surface area (TPSA) is 35.2 Å². The lowest BCUT2D eigenvalue weighted by Gasteiger charge is -2.16. The van der Waals surface area contributed by atoms with Crippen molar-refractivity contribution in [3.05, 3.63) is 28.8 Å². The van der Waals surface area contributed by atoms with Gasteiger partial charge in [0.2, 0.25) is 0 Å². The minimum absolute atomic E-state index is 0.0233. The Balaban J connectivity index is 3.21. The highest BCUT2D eigenvalue weighted by atomic mass is 16.5. The molecule has 2 heteroatoms. The minimum Gasteiger partial charge on any atom is -0.493 e. The molecule has 0 bridgehead atoms. The third kappa shape index (κ3) is 2.26. The van der Waals surface area contributed by atoms with Crippen LogP contribution in [0.25, 0.3) is 0 Å². The summed E-state index contributed by atoms with van der Waals surface area (Å²) >= 11 is 0. The molecule has 0 aromatic heterocycles. The third-order valence-electron chi connectivity index (χ3n) is 2.23. The van der Waals surface area contributed by atoms with E-state index in [2.05, 4.69) is 26.0 Å². The molecule has 2 N–H and O–H groups in total. The van der Waals surface area contributed by atoms with E-state index in [1.165, 1.54) is 11.1 Å². The molecule has 2 nitrogen and oxygen atoms in total. The fourth-order valence-electron chi connectivity index (χ4n) is 1.67. The second kappa shape index (κ2) is 4.47. The van der Waals surface area contributed by atoms with Crippen molar-refractivity contribution in [3.8, 4) is 5.75 Å². The van der Waals surface area contributed by atoms with Crippen LogP contribution in [0.15, 0.2) is 12.1 Å². The SMILES string of the molecule is CCOc1c(C)cc(C)cc1C(C)N. The van der Waals surface area contributed by atoms with Crippen LogP contribution >= 0.6 is 0 Å². The Labute approximate surface area is 86.1 Å². The molecule has 0 saturated carbocycles. The molecule has 0 fully saturated rings. The summed E-state index contributed by atoms with van der Waals surface area (Å²) in [5, 5.41) is 0. The molecule has 0 aliphatic rings. The predicted octanol–water partition coefficient (Wildman–Crippen LogP) is 2.72. The van der Waals surface area contributed by atoms with E-state index in [-0.39, 0.29) is 6.04 Å². The molecule has 1 rings (SSSR count). The molecule has 0 heterocycles. The lowest BCUT2D eigenvalue weighted by molar-refractivity contribution is 0.332. The number of aryl methyl sites for hydroxylation is 2. The van der Waals surface area contributed by atoms with Gasteiger partial charge in [-0.25, -0.2) is 0 Å². The van der Waals surface area contributed by atoms with Gasteiger partial charge in [-0.05, 0) is 33.3 Å². The second-order valence-corrected chi connectivity index (χ2v) is 3.72. The van der Waals surface area contributed by atoms with Crippen molar-refractivity contribution >= 4 is 0 Å². The maximum absolute atomic E-state index is 5.90. The van der Waals surface area contributed by atoms with Crippen molar-refractivity contribution in [2.75, 3.05) is 6.61 Å². The van der Waals surface area contributed by atoms with E-state index in [1.54, 1.807) is 0 Å². The van der Waals surface area contributed by atoms with Gasteiger partial charge in [0.15, 0.2) is 0 Å². The predicted molar refractivity (Wildman–Crippen MR) is 59.7 cm³/mol. The van der Waals surface area contributed by atoms with E-state index in [0.717, 1.165) is 11.3 Å². The van der Waals surface area contributed by atoms with Gasteiger partial charge in [0.25, 0.3) is 0 Å². The molecule has 0 aliphatic heterocycles. The van der Waals surface area contributed by atoms with E-state index >= 15 is 0 Å². The van der Waals surface area contributed by atoms with Gasteiger partial charge in [-0.2, -0.15) is 0 Å². The summed E-state index contributed by atoms with van der Waals surface area (Å²) in [5.41, 5.74) is 9.40. The Morgan fingerprint density at radius 1 is 1.36 bits per heavy atom. The summed E-state index contributed by atoms with van der Waals surface area (Å²) in [6, 6.07) is 4.25. The molecule has 0 spiro atoms. The molecule has 0 amide bonds. The number of hydrogen-bond donors (Lipinski definition) is 1. The fourth-order valence-corrected chi connectivity index (χ4v) is 1.67. The normalized spacial score (nSPS) is 12.6. The van der Waals surface area contributed by atoms with Crippen molar-refractivity contribution in [2.45, 2.75) is 33.7 Å². The molecule has 1 unspecified atom stereocenters. The molecule has 1 aromatic rings. The van der Waals surface area contributed by atoms with Crippen molar-refractivity contribution in [1.29, 1.82) is 0 Å². The Morgan fingerprint density at radius 2 is 2.00 bits per heavy atom. The van der Waals surface area contributed by atoms with Gasteiger partial charge >= 0.3 is 0 Å². The smallest absolute Gasteiger partial charge is 0.126 e. The van der Waals surface area contributed by atoms with Gasteiger partial charge in [-0.15, -0.1) is 0 Å². The molecule has 78 valence electrons. The van der Waals surface area contributed by atoms with Gasteiger partial charge in [-0.3, -0.25) is 0 Å². The Hall–Kier alpha value is -1.02. The van der Waals surface area contributed by atoms with E-state index in [9.17, 15) is 0 Å². The van der Waals surface area contributed by atoms with Crippen LogP contribution in [0.5, 0.6) is 5.75 Å². The average molecular weight is 193 g/mol. The highest BCUT2D eigenvalue weighted by molar-refractivity contribution is 5.45. The van der Waals surface area contributed by atoms with Crippen molar-refractivity contribution < 1.29 is 4.74 Å². The van der Waals surface area contributed by atoms with E-state index in [1.807, 2.05) is 13.8 Å². The summed E-state index contributed by atoms with van der Waals surface area (Å²) in [6.07, 6.45) is 0. The number of rotatable bonds is 3. The quantitative estimate of drug-likeness (QED) is 0.801. The highest BCUT2D eigenvalue weighted by Gasteiger charge is 2.11.